The summed E-state index contributed by atoms with van der Waals surface area (Å²) in [5.74, 6) is -1.43. The molecule has 0 aliphatic heterocycles. The first-order chi connectivity index (χ1) is 9.63. The predicted molar refractivity (Wildman–Crippen MR) is 77.9 cm³/mol. The number of hydrogen-bond acceptors (Lipinski definition) is 3. The molecule has 0 bridgehead atoms. The zero-order valence-corrected chi connectivity index (χ0v) is 11.3. The maximum Gasteiger partial charge on any atom is 0.326 e. The highest BCUT2D eigenvalue weighted by atomic mass is 16.4. The first-order valence-electron chi connectivity index (χ1n) is 6.60. The number of amides is 1. The van der Waals surface area contributed by atoms with E-state index in [4.69, 9.17) is 10.8 Å². The van der Waals surface area contributed by atoms with E-state index in [9.17, 15) is 9.59 Å². The molecule has 0 fully saturated rings. The number of unbranched alkanes of at least 4 members (excludes halogenated alkanes) is 1. The highest BCUT2D eigenvalue weighted by Gasteiger charge is 2.17. The van der Waals surface area contributed by atoms with Gasteiger partial charge in [-0.05, 0) is 37.4 Å². The minimum atomic E-state index is -1.02. The van der Waals surface area contributed by atoms with E-state index in [-0.39, 0.29) is 0 Å². The van der Waals surface area contributed by atoms with Crippen LogP contribution in [0.4, 0.5) is 0 Å². The topological polar surface area (TPSA) is 92.4 Å². The van der Waals surface area contributed by atoms with Crippen molar-refractivity contribution < 1.29 is 14.7 Å². The molecule has 1 aromatic carbocycles. The lowest BCUT2D eigenvalue weighted by Gasteiger charge is -2.12. The van der Waals surface area contributed by atoms with Gasteiger partial charge in [0.05, 0.1) is 0 Å². The number of carboxylic acid groups (broad SMARTS) is 1. The van der Waals surface area contributed by atoms with Crippen molar-refractivity contribution in [3.8, 4) is 0 Å². The Labute approximate surface area is 118 Å². The molecule has 0 heterocycles. The summed E-state index contributed by atoms with van der Waals surface area (Å²) >= 11 is 0. The summed E-state index contributed by atoms with van der Waals surface area (Å²) in [5.41, 5.74) is 6.24. The lowest BCUT2D eigenvalue weighted by molar-refractivity contribution is -0.141. The van der Waals surface area contributed by atoms with Crippen LogP contribution in [0.15, 0.2) is 36.4 Å². The SMILES string of the molecule is NCCCC[C@H](NC(=O)C=Cc1ccccc1)C(=O)O. The van der Waals surface area contributed by atoms with Gasteiger partial charge in [-0.1, -0.05) is 30.3 Å². The first-order valence-corrected chi connectivity index (χ1v) is 6.60. The van der Waals surface area contributed by atoms with E-state index in [0.29, 0.717) is 19.4 Å². The van der Waals surface area contributed by atoms with Gasteiger partial charge in [0.15, 0.2) is 0 Å². The monoisotopic (exact) mass is 276 g/mol. The second kappa shape index (κ2) is 8.87. The largest absolute Gasteiger partial charge is 0.480 e. The summed E-state index contributed by atoms with van der Waals surface area (Å²) in [6.45, 7) is 0.522. The summed E-state index contributed by atoms with van der Waals surface area (Å²) in [6, 6.07) is 8.47. The number of nitrogens with two attached hydrogens (primary N) is 1. The number of hydrogen-bond donors (Lipinski definition) is 3. The molecule has 0 saturated heterocycles. The normalized spacial score (nSPS) is 12.2. The maximum absolute atomic E-state index is 11.7. The molecule has 0 aliphatic carbocycles. The molecule has 1 amide bonds. The molecule has 5 nitrogen and oxygen atoms in total. The molecule has 0 radical (unpaired) electrons. The average molecular weight is 276 g/mol. The van der Waals surface area contributed by atoms with Crippen LogP contribution in [0.2, 0.25) is 0 Å². The van der Waals surface area contributed by atoms with Gasteiger partial charge in [0.2, 0.25) is 5.91 Å². The molecule has 0 spiro atoms. The van der Waals surface area contributed by atoms with E-state index in [2.05, 4.69) is 5.32 Å². The van der Waals surface area contributed by atoms with Crippen LogP contribution < -0.4 is 11.1 Å². The Balaban J connectivity index is 2.49. The Morgan fingerprint density at radius 2 is 1.95 bits per heavy atom. The van der Waals surface area contributed by atoms with E-state index in [1.165, 1.54) is 6.08 Å². The van der Waals surface area contributed by atoms with Crippen LogP contribution in [0, 0.1) is 0 Å². The Hall–Kier alpha value is -2.14. The summed E-state index contributed by atoms with van der Waals surface area (Å²) in [5, 5.41) is 11.5. The smallest absolute Gasteiger partial charge is 0.326 e. The third kappa shape index (κ3) is 6.15. The third-order valence-corrected chi connectivity index (χ3v) is 2.79. The molecule has 5 heteroatoms. The number of nitrogens with one attached hydrogen (secondary N) is 1. The third-order valence-electron chi connectivity index (χ3n) is 2.79. The van der Waals surface area contributed by atoms with Crippen molar-refractivity contribution in [2.75, 3.05) is 6.54 Å². The molecule has 4 N–H and O–H groups in total. The number of benzene rings is 1. The number of carboxylic acids is 1. The van der Waals surface area contributed by atoms with Gasteiger partial charge in [-0.3, -0.25) is 4.79 Å². The molecule has 0 saturated carbocycles. The van der Waals surface area contributed by atoms with Crippen molar-refractivity contribution in [3.05, 3.63) is 42.0 Å². The van der Waals surface area contributed by atoms with Crippen molar-refractivity contribution in [3.63, 3.8) is 0 Å². The molecule has 1 atom stereocenters. The molecule has 0 aliphatic rings. The molecule has 1 aromatic rings. The van der Waals surface area contributed by atoms with Crippen molar-refractivity contribution >= 4 is 18.0 Å². The van der Waals surface area contributed by atoms with Gasteiger partial charge in [0.1, 0.15) is 6.04 Å². The summed E-state index contributed by atoms with van der Waals surface area (Å²) in [4.78, 5) is 22.7. The number of rotatable bonds is 8. The van der Waals surface area contributed by atoms with Gasteiger partial charge in [0.25, 0.3) is 0 Å². The predicted octanol–water partition coefficient (Wildman–Crippen LogP) is 1.40. The number of carbonyl (C=O) groups is 2. The fourth-order valence-corrected chi connectivity index (χ4v) is 1.71. The first kappa shape index (κ1) is 15.9. The molecule has 108 valence electrons. The Morgan fingerprint density at radius 3 is 2.55 bits per heavy atom. The molecule has 0 unspecified atom stereocenters. The lowest BCUT2D eigenvalue weighted by Crippen LogP contribution is -2.39. The fourth-order valence-electron chi connectivity index (χ4n) is 1.71. The van der Waals surface area contributed by atoms with E-state index in [1.54, 1.807) is 6.08 Å². The van der Waals surface area contributed by atoms with E-state index in [1.807, 2.05) is 30.3 Å². The highest BCUT2D eigenvalue weighted by molar-refractivity contribution is 5.94. The summed E-state index contributed by atoms with van der Waals surface area (Å²) in [6.07, 6.45) is 4.80. The molecule has 1 rings (SSSR count). The van der Waals surface area contributed by atoms with Crippen molar-refractivity contribution in [2.45, 2.75) is 25.3 Å². The van der Waals surface area contributed by atoms with E-state index in [0.717, 1.165) is 12.0 Å². The van der Waals surface area contributed by atoms with Crippen LogP contribution in [0.25, 0.3) is 6.08 Å². The fraction of sp³-hybridized carbons (Fsp3) is 0.333. The zero-order chi connectivity index (χ0) is 14.8. The van der Waals surface area contributed by atoms with E-state index >= 15 is 0 Å². The van der Waals surface area contributed by atoms with Crippen LogP contribution in [0.3, 0.4) is 0 Å². The number of aliphatic carboxylic acids is 1. The quantitative estimate of drug-likeness (QED) is 0.494. The van der Waals surface area contributed by atoms with Gasteiger partial charge in [-0.15, -0.1) is 0 Å². The van der Waals surface area contributed by atoms with Gasteiger partial charge in [-0.25, -0.2) is 4.79 Å². The minimum Gasteiger partial charge on any atom is -0.480 e. The van der Waals surface area contributed by atoms with Crippen LogP contribution in [-0.2, 0) is 9.59 Å². The second-order valence-electron chi connectivity index (χ2n) is 4.43. The maximum atomic E-state index is 11.7. The van der Waals surface area contributed by atoms with Crippen molar-refractivity contribution in [2.24, 2.45) is 5.73 Å². The Morgan fingerprint density at radius 1 is 1.25 bits per heavy atom. The van der Waals surface area contributed by atoms with Gasteiger partial charge in [0, 0.05) is 6.08 Å². The van der Waals surface area contributed by atoms with Gasteiger partial charge >= 0.3 is 5.97 Å². The Bertz CT molecular complexity index is 457. The van der Waals surface area contributed by atoms with Crippen LogP contribution in [0.1, 0.15) is 24.8 Å². The molecule has 0 aromatic heterocycles. The van der Waals surface area contributed by atoms with Crippen molar-refractivity contribution in [1.82, 2.24) is 5.32 Å². The summed E-state index contributed by atoms with van der Waals surface area (Å²) in [7, 11) is 0. The van der Waals surface area contributed by atoms with Crippen molar-refractivity contribution in [1.29, 1.82) is 0 Å². The summed E-state index contributed by atoms with van der Waals surface area (Å²) < 4.78 is 0. The standard InChI is InChI=1S/C15H20N2O3/c16-11-5-4-8-13(15(19)20)17-14(18)10-9-12-6-2-1-3-7-12/h1-3,6-7,9-10,13H,4-5,8,11,16H2,(H,17,18)(H,19,20)/t13-/m0/s1. The van der Waals surface area contributed by atoms with Crippen LogP contribution in [-0.4, -0.2) is 29.6 Å². The minimum absolute atomic E-state index is 0.386. The average Bonchev–Trinajstić information content (AvgIpc) is 2.45. The Kier molecular flexibility index (Phi) is 7.06. The molecule has 20 heavy (non-hydrogen) atoms. The lowest BCUT2D eigenvalue weighted by atomic mass is 10.1. The van der Waals surface area contributed by atoms with Gasteiger partial charge in [-0.2, -0.15) is 0 Å². The highest BCUT2D eigenvalue weighted by Crippen LogP contribution is 2.03. The van der Waals surface area contributed by atoms with Crippen LogP contribution in [0.5, 0.6) is 0 Å². The second-order valence-corrected chi connectivity index (χ2v) is 4.43. The van der Waals surface area contributed by atoms with Crippen LogP contribution >= 0.6 is 0 Å². The zero-order valence-electron chi connectivity index (χ0n) is 11.3. The molecular formula is C15H20N2O3. The van der Waals surface area contributed by atoms with E-state index < -0.39 is 17.9 Å². The van der Waals surface area contributed by atoms with Gasteiger partial charge < -0.3 is 16.2 Å². The molecular weight excluding hydrogens is 256 g/mol. The number of carbonyl (C=O) groups excluding carboxylic acids is 1.